The van der Waals surface area contributed by atoms with Crippen molar-refractivity contribution in [1.29, 1.82) is 0 Å². The van der Waals surface area contributed by atoms with Crippen LogP contribution >= 0.6 is 22.7 Å². The molecule has 0 atom stereocenters. The second-order valence-corrected chi connectivity index (χ2v) is 9.19. The number of nitrogens with zero attached hydrogens (tertiary/aromatic N) is 3. The predicted octanol–water partition coefficient (Wildman–Crippen LogP) is 4.34. The van der Waals surface area contributed by atoms with Gasteiger partial charge in [-0.2, -0.15) is 0 Å². The average molecular weight is 484 g/mol. The molecule has 172 valence electrons. The fourth-order valence-corrected chi connectivity index (χ4v) is 4.81. The molecule has 0 radical (unpaired) electrons. The standard InChI is InChI=1S/C23H25N5O3S2/c1-2-31-11-6-10-28-19-9-4-3-8-18(19)25-22(28)26-20(29)13-16-15-33-23(24-16)27-21(30)14-17-7-5-12-32-17/h3-5,7-9,12,15H,2,6,10-11,13-14H2,1H3,(H,24,27,30)(H,25,26,29). The van der Waals surface area contributed by atoms with Crippen LogP contribution in [0.15, 0.2) is 47.2 Å². The van der Waals surface area contributed by atoms with Gasteiger partial charge in [-0.3, -0.25) is 14.9 Å². The van der Waals surface area contributed by atoms with Crippen molar-refractivity contribution in [2.24, 2.45) is 0 Å². The molecule has 0 unspecified atom stereocenters. The largest absolute Gasteiger partial charge is 0.382 e. The average Bonchev–Trinajstić information content (AvgIpc) is 3.52. The summed E-state index contributed by atoms with van der Waals surface area (Å²) in [6, 6.07) is 11.6. The highest BCUT2D eigenvalue weighted by Gasteiger charge is 2.15. The van der Waals surface area contributed by atoms with E-state index in [0.29, 0.717) is 43.0 Å². The molecule has 0 spiro atoms. The van der Waals surface area contributed by atoms with Gasteiger partial charge in [-0.1, -0.05) is 18.2 Å². The van der Waals surface area contributed by atoms with Crippen molar-refractivity contribution in [3.05, 3.63) is 57.7 Å². The number of nitrogens with one attached hydrogen (secondary N) is 2. The molecular weight excluding hydrogens is 458 g/mol. The van der Waals surface area contributed by atoms with Gasteiger partial charge >= 0.3 is 0 Å². The first-order valence-electron chi connectivity index (χ1n) is 10.7. The summed E-state index contributed by atoms with van der Waals surface area (Å²) >= 11 is 2.85. The molecule has 0 fully saturated rings. The van der Waals surface area contributed by atoms with Crippen molar-refractivity contribution >= 4 is 56.6 Å². The molecule has 0 saturated heterocycles. The highest BCUT2D eigenvalue weighted by molar-refractivity contribution is 7.14. The van der Waals surface area contributed by atoms with E-state index in [-0.39, 0.29) is 18.2 Å². The molecule has 2 amide bonds. The van der Waals surface area contributed by atoms with Gasteiger partial charge in [0, 0.05) is 30.0 Å². The van der Waals surface area contributed by atoms with Crippen LogP contribution in [0.5, 0.6) is 0 Å². The number of benzene rings is 1. The van der Waals surface area contributed by atoms with Crippen LogP contribution in [0, 0.1) is 0 Å². The molecule has 2 N–H and O–H groups in total. The molecule has 3 heterocycles. The van der Waals surface area contributed by atoms with Gasteiger partial charge in [0.25, 0.3) is 0 Å². The molecule has 8 nitrogen and oxygen atoms in total. The van der Waals surface area contributed by atoms with Crippen molar-refractivity contribution in [3.8, 4) is 0 Å². The SMILES string of the molecule is CCOCCCn1c(NC(=O)Cc2csc(NC(=O)Cc3cccs3)n2)nc2ccccc21. The van der Waals surface area contributed by atoms with Crippen molar-refractivity contribution in [1.82, 2.24) is 14.5 Å². The first-order valence-corrected chi connectivity index (χ1v) is 12.5. The highest BCUT2D eigenvalue weighted by atomic mass is 32.1. The van der Waals surface area contributed by atoms with Gasteiger partial charge in [0.15, 0.2) is 5.13 Å². The number of anilines is 2. The van der Waals surface area contributed by atoms with Crippen LogP contribution in [0.2, 0.25) is 0 Å². The minimum atomic E-state index is -0.210. The van der Waals surface area contributed by atoms with Gasteiger partial charge in [-0.25, -0.2) is 9.97 Å². The zero-order valence-electron chi connectivity index (χ0n) is 18.2. The summed E-state index contributed by atoms with van der Waals surface area (Å²) in [7, 11) is 0. The quantitative estimate of drug-likeness (QED) is 0.309. The van der Waals surface area contributed by atoms with Crippen LogP contribution in [-0.2, 0) is 33.7 Å². The molecule has 0 bridgehead atoms. The minimum absolute atomic E-state index is 0.0967. The third kappa shape index (κ3) is 6.25. The number of rotatable bonds is 11. The number of fused-ring (bicyclic) bond motifs is 1. The number of thiazole rings is 1. The summed E-state index contributed by atoms with van der Waals surface area (Å²) in [5.41, 5.74) is 2.39. The number of thiophene rings is 1. The number of carbonyl (C=O) groups is 2. The summed E-state index contributed by atoms with van der Waals surface area (Å²) in [5, 5.41) is 9.93. The zero-order chi connectivity index (χ0) is 23.0. The Morgan fingerprint density at radius 3 is 2.70 bits per heavy atom. The van der Waals surface area contributed by atoms with Gasteiger partial charge in [0.05, 0.1) is 29.6 Å². The summed E-state index contributed by atoms with van der Waals surface area (Å²) in [6.45, 7) is 3.99. The minimum Gasteiger partial charge on any atom is -0.382 e. The number of amides is 2. The van der Waals surface area contributed by atoms with E-state index in [0.717, 1.165) is 22.3 Å². The van der Waals surface area contributed by atoms with E-state index in [2.05, 4.69) is 20.6 Å². The normalized spacial score (nSPS) is 11.1. The van der Waals surface area contributed by atoms with Crippen molar-refractivity contribution in [3.63, 3.8) is 0 Å². The predicted molar refractivity (Wildman–Crippen MR) is 132 cm³/mol. The number of hydrogen-bond acceptors (Lipinski definition) is 7. The smallest absolute Gasteiger partial charge is 0.232 e. The van der Waals surface area contributed by atoms with Crippen LogP contribution in [0.4, 0.5) is 11.1 Å². The molecule has 0 saturated carbocycles. The first-order chi connectivity index (χ1) is 16.1. The van der Waals surface area contributed by atoms with E-state index in [1.165, 1.54) is 11.3 Å². The molecule has 0 aliphatic carbocycles. The lowest BCUT2D eigenvalue weighted by Gasteiger charge is -2.10. The zero-order valence-corrected chi connectivity index (χ0v) is 19.9. The second kappa shape index (κ2) is 11.2. The summed E-state index contributed by atoms with van der Waals surface area (Å²) in [4.78, 5) is 34.8. The Morgan fingerprint density at radius 2 is 1.88 bits per heavy atom. The van der Waals surface area contributed by atoms with E-state index in [4.69, 9.17) is 4.74 Å². The topological polar surface area (TPSA) is 98.1 Å². The molecule has 0 aliphatic rings. The molecule has 10 heteroatoms. The van der Waals surface area contributed by atoms with Crippen molar-refractivity contribution < 1.29 is 14.3 Å². The monoisotopic (exact) mass is 483 g/mol. The third-order valence-corrected chi connectivity index (χ3v) is 6.52. The van der Waals surface area contributed by atoms with E-state index < -0.39 is 0 Å². The molecule has 0 aliphatic heterocycles. The highest BCUT2D eigenvalue weighted by Crippen LogP contribution is 2.21. The number of hydrogen-bond donors (Lipinski definition) is 2. The summed E-state index contributed by atoms with van der Waals surface area (Å²) < 4.78 is 7.45. The summed E-state index contributed by atoms with van der Waals surface area (Å²) in [5.74, 6) is 0.180. The molecule has 3 aromatic heterocycles. The van der Waals surface area contributed by atoms with Crippen LogP contribution < -0.4 is 10.6 Å². The van der Waals surface area contributed by atoms with Crippen LogP contribution in [0.3, 0.4) is 0 Å². The Labute approximate surface area is 199 Å². The maximum absolute atomic E-state index is 12.7. The van der Waals surface area contributed by atoms with Crippen LogP contribution in [0.25, 0.3) is 11.0 Å². The Balaban J connectivity index is 1.37. The van der Waals surface area contributed by atoms with Gasteiger partial charge in [-0.15, -0.1) is 22.7 Å². The second-order valence-electron chi connectivity index (χ2n) is 7.30. The number of ether oxygens (including phenoxy) is 1. The molecule has 4 rings (SSSR count). The number of carbonyl (C=O) groups excluding carboxylic acids is 2. The molecule has 33 heavy (non-hydrogen) atoms. The van der Waals surface area contributed by atoms with Gasteiger partial charge < -0.3 is 14.6 Å². The fourth-order valence-electron chi connectivity index (χ4n) is 3.38. The van der Waals surface area contributed by atoms with Gasteiger partial charge in [0.2, 0.25) is 17.8 Å². The Kier molecular flexibility index (Phi) is 7.82. The van der Waals surface area contributed by atoms with Crippen molar-refractivity contribution in [2.45, 2.75) is 32.7 Å². The number of imidazole rings is 1. The third-order valence-electron chi connectivity index (χ3n) is 4.83. The lowest BCUT2D eigenvalue weighted by Crippen LogP contribution is -2.18. The van der Waals surface area contributed by atoms with E-state index in [1.807, 2.05) is 53.3 Å². The maximum atomic E-state index is 12.7. The Morgan fingerprint density at radius 1 is 1.03 bits per heavy atom. The lowest BCUT2D eigenvalue weighted by molar-refractivity contribution is -0.116. The number of aromatic nitrogens is 3. The maximum Gasteiger partial charge on any atom is 0.232 e. The number of para-hydroxylation sites is 2. The summed E-state index contributed by atoms with van der Waals surface area (Å²) in [6.07, 6.45) is 1.23. The molecular formula is C23H25N5O3S2. The first kappa shape index (κ1) is 23.1. The lowest BCUT2D eigenvalue weighted by atomic mass is 10.3. The Bertz CT molecular complexity index is 1220. The van der Waals surface area contributed by atoms with E-state index >= 15 is 0 Å². The van der Waals surface area contributed by atoms with Gasteiger partial charge in [-0.05, 0) is 36.9 Å². The van der Waals surface area contributed by atoms with E-state index in [1.54, 1.807) is 16.7 Å². The van der Waals surface area contributed by atoms with Crippen LogP contribution in [-0.4, -0.2) is 39.6 Å². The Hall–Kier alpha value is -3.08. The van der Waals surface area contributed by atoms with E-state index in [9.17, 15) is 9.59 Å². The number of aryl methyl sites for hydroxylation is 1. The van der Waals surface area contributed by atoms with Gasteiger partial charge in [0.1, 0.15) is 0 Å². The molecule has 4 aromatic rings. The van der Waals surface area contributed by atoms with Crippen LogP contribution in [0.1, 0.15) is 23.9 Å². The molecule has 1 aromatic carbocycles. The fraction of sp³-hybridized carbons (Fsp3) is 0.304. The van der Waals surface area contributed by atoms with Crippen molar-refractivity contribution in [2.75, 3.05) is 23.8 Å².